The average molecular weight is 304 g/mol. The Bertz CT molecular complexity index is 630. The number of hydrogen-bond donors (Lipinski definition) is 1. The number of aromatic nitrogens is 1. The largest absolute Gasteiger partial charge is 0.377 e. The smallest absolute Gasteiger partial charge is 0.270 e. The van der Waals surface area contributed by atoms with E-state index < -0.39 is 0 Å². The monoisotopic (exact) mass is 304 g/mol. The van der Waals surface area contributed by atoms with Gasteiger partial charge in [-0.15, -0.1) is 0 Å². The van der Waals surface area contributed by atoms with E-state index in [1.54, 1.807) is 0 Å². The molecule has 3 rings (SSSR count). The van der Waals surface area contributed by atoms with Crippen molar-refractivity contribution in [1.82, 2.24) is 9.88 Å². The third kappa shape index (κ3) is 2.47. The number of morpholine rings is 1. The molecule has 0 bridgehead atoms. The van der Waals surface area contributed by atoms with Crippen molar-refractivity contribution in [2.75, 3.05) is 19.8 Å². The van der Waals surface area contributed by atoms with Crippen LogP contribution in [0.25, 0.3) is 0 Å². The van der Waals surface area contributed by atoms with Gasteiger partial charge in [0, 0.05) is 24.2 Å². The Kier molecular flexibility index (Phi) is 3.63. The van der Waals surface area contributed by atoms with E-state index in [0.717, 1.165) is 23.2 Å². The molecule has 0 saturated carbocycles. The summed E-state index contributed by atoms with van der Waals surface area (Å²) in [6.07, 6.45) is 1.35. The first-order chi connectivity index (χ1) is 10.3. The summed E-state index contributed by atoms with van der Waals surface area (Å²) in [5.74, 6) is 0.127. The van der Waals surface area contributed by atoms with Crippen molar-refractivity contribution >= 4 is 11.7 Å². The number of Topliss-reactive ketones (excluding diaryl/α,β-unsaturated/α-hetero) is 1. The first-order valence-corrected chi connectivity index (χ1v) is 7.93. The second-order valence-corrected chi connectivity index (χ2v) is 7.34. The van der Waals surface area contributed by atoms with Crippen molar-refractivity contribution in [1.29, 1.82) is 0 Å². The highest BCUT2D eigenvalue weighted by atomic mass is 16.5. The van der Waals surface area contributed by atoms with Crippen molar-refractivity contribution in [3.05, 3.63) is 22.5 Å². The number of ether oxygens (including phenoxy) is 1. The van der Waals surface area contributed by atoms with Crippen LogP contribution in [0.5, 0.6) is 0 Å². The van der Waals surface area contributed by atoms with Crippen LogP contribution in [-0.4, -0.2) is 47.4 Å². The number of carbonyl (C=O) groups excluding carboxylic acids is 2. The zero-order valence-corrected chi connectivity index (χ0v) is 13.8. The van der Waals surface area contributed by atoms with Crippen molar-refractivity contribution in [3.8, 4) is 0 Å². The Hall–Kier alpha value is -1.62. The minimum atomic E-state index is -0.0477. The molecule has 1 atom stereocenters. The molecule has 0 spiro atoms. The molecule has 120 valence electrons. The van der Waals surface area contributed by atoms with Crippen molar-refractivity contribution in [2.45, 2.75) is 46.6 Å². The third-order valence-electron chi connectivity index (χ3n) is 4.74. The van der Waals surface area contributed by atoms with E-state index in [9.17, 15) is 9.59 Å². The van der Waals surface area contributed by atoms with Gasteiger partial charge in [-0.1, -0.05) is 13.8 Å². The lowest BCUT2D eigenvalue weighted by atomic mass is 9.75. The normalized spacial score (nSPS) is 24.3. The van der Waals surface area contributed by atoms with Crippen LogP contribution in [0, 0.1) is 12.3 Å². The van der Waals surface area contributed by atoms with Gasteiger partial charge < -0.3 is 14.6 Å². The summed E-state index contributed by atoms with van der Waals surface area (Å²) in [6, 6.07) is 0.0631. The van der Waals surface area contributed by atoms with Gasteiger partial charge in [-0.05, 0) is 31.2 Å². The Labute approximate surface area is 131 Å². The van der Waals surface area contributed by atoms with Crippen LogP contribution < -0.4 is 0 Å². The number of amides is 1. The van der Waals surface area contributed by atoms with Crippen LogP contribution in [0.2, 0.25) is 0 Å². The molecule has 1 aromatic rings. The van der Waals surface area contributed by atoms with Crippen LogP contribution in [0.4, 0.5) is 0 Å². The van der Waals surface area contributed by atoms with Gasteiger partial charge in [0.2, 0.25) is 0 Å². The number of H-pyrrole nitrogens is 1. The van der Waals surface area contributed by atoms with Crippen LogP contribution >= 0.6 is 0 Å². The quantitative estimate of drug-likeness (QED) is 0.866. The lowest BCUT2D eigenvalue weighted by Gasteiger charge is -2.33. The molecule has 1 fully saturated rings. The lowest BCUT2D eigenvalue weighted by Crippen LogP contribution is -2.47. The van der Waals surface area contributed by atoms with Crippen molar-refractivity contribution in [2.24, 2.45) is 5.41 Å². The topological polar surface area (TPSA) is 62.4 Å². The molecular formula is C17H24N2O3. The van der Waals surface area contributed by atoms with Gasteiger partial charge in [0.15, 0.2) is 5.78 Å². The van der Waals surface area contributed by atoms with Crippen LogP contribution in [-0.2, 0) is 11.2 Å². The molecule has 0 radical (unpaired) electrons. The molecule has 5 heteroatoms. The summed E-state index contributed by atoms with van der Waals surface area (Å²) in [6.45, 7) is 9.79. The molecule has 0 aromatic carbocycles. The minimum Gasteiger partial charge on any atom is -0.377 e. The van der Waals surface area contributed by atoms with E-state index in [4.69, 9.17) is 4.74 Å². The first-order valence-electron chi connectivity index (χ1n) is 7.93. The summed E-state index contributed by atoms with van der Waals surface area (Å²) in [5.41, 5.74) is 2.99. The van der Waals surface area contributed by atoms with Crippen molar-refractivity contribution in [3.63, 3.8) is 0 Å². The summed E-state index contributed by atoms with van der Waals surface area (Å²) in [5, 5.41) is 0. The maximum atomic E-state index is 12.8. The number of ketones is 1. The fraction of sp³-hybridized carbons (Fsp3) is 0.647. The highest BCUT2D eigenvalue weighted by molar-refractivity contribution is 6.04. The Morgan fingerprint density at radius 1 is 1.36 bits per heavy atom. The molecule has 1 N–H and O–H groups in total. The number of carbonyl (C=O) groups is 2. The second-order valence-electron chi connectivity index (χ2n) is 7.34. The predicted octanol–water partition coefficient (Wildman–Crippen LogP) is 2.34. The van der Waals surface area contributed by atoms with Crippen LogP contribution in [0.15, 0.2) is 0 Å². The van der Waals surface area contributed by atoms with Gasteiger partial charge in [0.25, 0.3) is 5.91 Å². The fourth-order valence-corrected chi connectivity index (χ4v) is 3.62. The van der Waals surface area contributed by atoms with Gasteiger partial charge >= 0.3 is 0 Å². The maximum Gasteiger partial charge on any atom is 0.270 e. The van der Waals surface area contributed by atoms with Crippen LogP contribution in [0.3, 0.4) is 0 Å². The third-order valence-corrected chi connectivity index (χ3v) is 4.74. The first kappa shape index (κ1) is 15.3. The van der Waals surface area contributed by atoms with E-state index in [1.165, 1.54) is 0 Å². The Morgan fingerprint density at radius 2 is 2.09 bits per heavy atom. The number of nitrogens with zero attached hydrogens (tertiary/aromatic N) is 1. The number of rotatable bonds is 1. The van der Waals surface area contributed by atoms with Gasteiger partial charge in [-0.3, -0.25) is 9.59 Å². The second kappa shape index (κ2) is 5.23. The molecular weight excluding hydrogens is 280 g/mol. The lowest BCUT2D eigenvalue weighted by molar-refractivity contribution is 0.00325. The average Bonchev–Trinajstić information content (AvgIpc) is 2.74. The Balaban J connectivity index is 1.96. The fourth-order valence-electron chi connectivity index (χ4n) is 3.62. The Morgan fingerprint density at radius 3 is 2.77 bits per heavy atom. The molecule has 1 amide bonds. The summed E-state index contributed by atoms with van der Waals surface area (Å²) < 4.78 is 5.40. The van der Waals surface area contributed by atoms with E-state index in [2.05, 4.69) is 18.8 Å². The zero-order valence-electron chi connectivity index (χ0n) is 13.8. The van der Waals surface area contributed by atoms with E-state index in [0.29, 0.717) is 31.9 Å². The van der Waals surface area contributed by atoms with Gasteiger partial charge in [0.05, 0.1) is 19.3 Å². The standard InChI is InChI=1S/C17H24N2O3/c1-10-9-22-6-5-19(10)16(21)15-11(2)14-12(18-15)7-17(3,4)8-13(14)20/h10,18H,5-9H2,1-4H3/t10-/m0/s1. The number of nitrogens with one attached hydrogen (secondary N) is 1. The van der Waals surface area contributed by atoms with Gasteiger partial charge in [-0.2, -0.15) is 0 Å². The molecule has 2 aliphatic rings. The highest BCUT2D eigenvalue weighted by Gasteiger charge is 2.36. The molecule has 2 heterocycles. The van der Waals surface area contributed by atoms with Gasteiger partial charge in [-0.25, -0.2) is 0 Å². The SMILES string of the molecule is Cc1c(C(=O)N2CCOC[C@@H]2C)[nH]c2c1C(=O)CC(C)(C)C2. The molecule has 1 aromatic heterocycles. The number of hydrogen-bond acceptors (Lipinski definition) is 3. The molecule has 1 aliphatic carbocycles. The number of aromatic amines is 1. The minimum absolute atomic E-state index is 0.0201. The van der Waals surface area contributed by atoms with E-state index >= 15 is 0 Å². The molecule has 1 saturated heterocycles. The molecule has 0 unspecified atom stereocenters. The maximum absolute atomic E-state index is 12.8. The molecule has 22 heavy (non-hydrogen) atoms. The summed E-state index contributed by atoms with van der Waals surface area (Å²) in [4.78, 5) is 30.4. The van der Waals surface area contributed by atoms with E-state index in [1.807, 2.05) is 18.7 Å². The van der Waals surface area contributed by atoms with E-state index in [-0.39, 0.29) is 23.1 Å². The van der Waals surface area contributed by atoms with Crippen molar-refractivity contribution < 1.29 is 14.3 Å². The number of fused-ring (bicyclic) bond motifs is 1. The molecule has 5 nitrogen and oxygen atoms in total. The predicted molar refractivity (Wildman–Crippen MR) is 83.3 cm³/mol. The zero-order chi connectivity index (χ0) is 16.1. The highest BCUT2D eigenvalue weighted by Crippen LogP contribution is 2.37. The van der Waals surface area contributed by atoms with Gasteiger partial charge in [0.1, 0.15) is 5.69 Å². The molecule has 1 aliphatic heterocycles. The summed E-state index contributed by atoms with van der Waals surface area (Å²) in [7, 11) is 0. The van der Waals surface area contributed by atoms with Crippen LogP contribution in [0.1, 0.15) is 59.3 Å². The summed E-state index contributed by atoms with van der Waals surface area (Å²) >= 11 is 0.